The molecular formula is C22H24ClN3O2S. The zero-order valence-electron chi connectivity index (χ0n) is 16.2. The van der Waals surface area contributed by atoms with E-state index in [0.29, 0.717) is 16.0 Å². The minimum Gasteiger partial charge on any atom is -0.612 e. The highest BCUT2D eigenvalue weighted by molar-refractivity contribution is 7.90. The SMILES string of the molecule is C[S+]([O-])c1cnc2ccc(-c3ccc(O)c(Cl)c3)cc2c1N[C@H]1CC[C@H](N)CC1. The molecule has 1 aliphatic carbocycles. The third-order valence-electron chi connectivity index (χ3n) is 5.54. The smallest absolute Gasteiger partial charge is 0.194 e. The minimum absolute atomic E-state index is 0.0550. The average molecular weight is 430 g/mol. The van der Waals surface area contributed by atoms with Crippen LogP contribution in [0.4, 0.5) is 5.69 Å². The van der Waals surface area contributed by atoms with Gasteiger partial charge in [-0.25, -0.2) is 0 Å². The maximum absolute atomic E-state index is 12.4. The van der Waals surface area contributed by atoms with Gasteiger partial charge in [0.15, 0.2) is 4.90 Å². The van der Waals surface area contributed by atoms with Crippen LogP contribution in [-0.4, -0.2) is 33.0 Å². The lowest BCUT2D eigenvalue weighted by Gasteiger charge is -2.28. The Kier molecular flexibility index (Phi) is 5.88. The second-order valence-corrected chi connectivity index (χ2v) is 9.36. The fraction of sp³-hybridized carbons (Fsp3) is 0.318. The summed E-state index contributed by atoms with van der Waals surface area (Å²) >= 11 is 4.93. The third kappa shape index (κ3) is 4.31. The zero-order chi connectivity index (χ0) is 20.5. The lowest BCUT2D eigenvalue weighted by atomic mass is 9.91. The molecule has 1 unspecified atom stereocenters. The normalized spacial score (nSPS) is 20.6. The van der Waals surface area contributed by atoms with Crippen LogP contribution in [0, 0.1) is 0 Å². The van der Waals surface area contributed by atoms with Crippen LogP contribution in [0.1, 0.15) is 25.7 Å². The van der Waals surface area contributed by atoms with Gasteiger partial charge in [0.1, 0.15) is 17.7 Å². The summed E-state index contributed by atoms with van der Waals surface area (Å²) in [7, 11) is 0. The van der Waals surface area contributed by atoms with E-state index in [4.69, 9.17) is 17.3 Å². The minimum atomic E-state index is -1.17. The largest absolute Gasteiger partial charge is 0.612 e. The molecule has 0 amide bonds. The molecule has 4 rings (SSSR count). The molecule has 4 N–H and O–H groups in total. The van der Waals surface area contributed by atoms with Crippen LogP contribution < -0.4 is 11.1 Å². The Morgan fingerprint density at radius 1 is 1.14 bits per heavy atom. The van der Waals surface area contributed by atoms with Crippen molar-refractivity contribution in [3.05, 3.63) is 47.6 Å². The highest BCUT2D eigenvalue weighted by Crippen LogP contribution is 2.36. The van der Waals surface area contributed by atoms with E-state index in [1.807, 2.05) is 24.3 Å². The number of fused-ring (bicyclic) bond motifs is 1. The summed E-state index contributed by atoms with van der Waals surface area (Å²) in [6.07, 6.45) is 7.34. The van der Waals surface area contributed by atoms with Crippen LogP contribution in [0.2, 0.25) is 5.02 Å². The number of rotatable bonds is 4. The summed E-state index contributed by atoms with van der Waals surface area (Å²) in [5.74, 6) is 0.0550. The standard InChI is InChI=1S/C22H24ClN3O2S/c1-29(28)21-12-25-19-8-2-13(14-3-9-20(27)18(23)11-14)10-17(19)22(21)26-16-6-4-15(24)5-7-16/h2-3,8-12,15-16,27H,4-7,24H2,1H3,(H,25,26)/t15-,16-,29?. The number of nitrogens with one attached hydrogen (secondary N) is 1. The number of benzene rings is 2. The van der Waals surface area contributed by atoms with Crippen LogP contribution in [0.3, 0.4) is 0 Å². The number of pyridine rings is 1. The van der Waals surface area contributed by atoms with Gasteiger partial charge in [-0.1, -0.05) is 23.7 Å². The highest BCUT2D eigenvalue weighted by atomic mass is 35.5. The summed E-state index contributed by atoms with van der Waals surface area (Å²) in [5, 5.41) is 14.6. The first-order valence-corrected chi connectivity index (χ1v) is 11.6. The van der Waals surface area contributed by atoms with E-state index in [-0.39, 0.29) is 11.8 Å². The predicted molar refractivity (Wildman–Crippen MR) is 120 cm³/mol. The van der Waals surface area contributed by atoms with Crippen molar-refractivity contribution in [2.75, 3.05) is 11.6 Å². The molecule has 7 heteroatoms. The maximum atomic E-state index is 12.4. The first kappa shape index (κ1) is 20.3. The third-order valence-corrected chi connectivity index (χ3v) is 6.78. The fourth-order valence-corrected chi connectivity index (χ4v) is 4.71. The van der Waals surface area contributed by atoms with Crippen LogP contribution >= 0.6 is 11.6 Å². The Hall–Kier alpha value is -1.99. The van der Waals surface area contributed by atoms with E-state index in [1.54, 1.807) is 24.6 Å². The zero-order valence-corrected chi connectivity index (χ0v) is 17.8. The molecule has 0 spiro atoms. The fourth-order valence-electron chi connectivity index (χ4n) is 3.87. The van der Waals surface area contributed by atoms with Gasteiger partial charge >= 0.3 is 0 Å². The quantitative estimate of drug-likeness (QED) is 0.523. The van der Waals surface area contributed by atoms with E-state index in [9.17, 15) is 9.66 Å². The van der Waals surface area contributed by atoms with E-state index in [0.717, 1.165) is 53.4 Å². The van der Waals surface area contributed by atoms with Gasteiger partial charge in [-0.3, -0.25) is 4.98 Å². The first-order valence-electron chi connectivity index (χ1n) is 9.69. The van der Waals surface area contributed by atoms with Gasteiger partial charge in [0, 0.05) is 17.5 Å². The van der Waals surface area contributed by atoms with Crippen molar-refractivity contribution in [2.45, 2.75) is 42.7 Å². The summed E-state index contributed by atoms with van der Waals surface area (Å²) in [5.41, 5.74) is 9.61. The molecule has 2 aromatic carbocycles. The summed E-state index contributed by atoms with van der Waals surface area (Å²) in [6.45, 7) is 0. The second kappa shape index (κ2) is 8.40. The van der Waals surface area contributed by atoms with Gasteiger partial charge < -0.3 is 20.7 Å². The Morgan fingerprint density at radius 3 is 2.52 bits per heavy atom. The number of halogens is 1. The van der Waals surface area contributed by atoms with E-state index >= 15 is 0 Å². The van der Waals surface area contributed by atoms with Gasteiger partial charge in [0.25, 0.3) is 0 Å². The van der Waals surface area contributed by atoms with Crippen LogP contribution in [0.15, 0.2) is 47.5 Å². The summed E-state index contributed by atoms with van der Waals surface area (Å²) in [6, 6.07) is 11.7. The maximum Gasteiger partial charge on any atom is 0.194 e. The molecule has 1 fully saturated rings. The van der Waals surface area contributed by atoms with Crippen molar-refractivity contribution in [2.24, 2.45) is 5.73 Å². The molecule has 1 aliphatic rings. The Bertz CT molecular complexity index is 1040. The molecule has 3 aromatic rings. The van der Waals surface area contributed by atoms with Gasteiger partial charge in [-0.05, 0) is 72.3 Å². The lowest BCUT2D eigenvalue weighted by Crippen LogP contribution is -2.33. The van der Waals surface area contributed by atoms with Crippen molar-refractivity contribution in [1.82, 2.24) is 4.98 Å². The molecule has 0 aliphatic heterocycles. The Labute approximate surface area is 178 Å². The molecular weight excluding hydrogens is 406 g/mol. The van der Waals surface area contributed by atoms with Crippen molar-refractivity contribution in [3.8, 4) is 16.9 Å². The van der Waals surface area contributed by atoms with Crippen LogP contribution in [0.5, 0.6) is 5.75 Å². The topological polar surface area (TPSA) is 94.2 Å². The number of hydrogen-bond donors (Lipinski definition) is 3. The Morgan fingerprint density at radius 2 is 1.83 bits per heavy atom. The molecule has 1 aromatic heterocycles. The van der Waals surface area contributed by atoms with E-state index in [2.05, 4.69) is 10.3 Å². The molecule has 0 radical (unpaired) electrons. The summed E-state index contributed by atoms with van der Waals surface area (Å²) < 4.78 is 12.4. The molecule has 1 atom stereocenters. The number of phenolic OH excluding ortho intramolecular Hbond substituents is 1. The second-order valence-electron chi connectivity index (χ2n) is 7.61. The van der Waals surface area contributed by atoms with Gasteiger partial charge in [0.05, 0.1) is 16.7 Å². The van der Waals surface area contributed by atoms with Gasteiger partial charge in [0.2, 0.25) is 0 Å². The number of anilines is 1. The van der Waals surface area contributed by atoms with Crippen LogP contribution in [0.25, 0.3) is 22.0 Å². The molecule has 152 valence electrons. The van der Waals surface area contributed by atoms with E-state index in [1.165, 1.54) is 0 Å². The summed E-state index contributed by atoms with van der Waals surface area (Å²) in [4.78, 5) is 5.22. The van der Waals surface area contributed by atoms with E-state index < -0.39 is 11.2 Å². The monoisotopic (exact) mass is 429 g/mol. The number of nitrogens with zero attached hydrogens (tertiary/aromatic N) is 1. The van der Waals surface area contributed by atoms with Crippen LogP contribution in [-0.2, 0) is 11.2 Å². The number of nitrogens with two attached hydrogens (primary N) is 1. The number of hydrogen-bond acceptors (Lipinski definition) is 5. The van der Waals surface area contributed by atoms with Gasteiger partial charge in [-0.2, -0.15) is 0 Å². The highest BCUT2D eigenvalue weighted by Gasteiger charge is 2.23. The van der Waals surface area contributed by atoms with Crippen molar-refractivity contribution in [3.63, 3.8) is 0 Å². The average Bonchev–Trinajstić information content (AvgIpc) is 2.71. The molecule has 0 saturated heterocycles. The van der Waals surface area contributed by atoms with Crippen molar-refractivity contribution >= 4 is 39.4 Å². The molecule has 1 heterocycles. The number of phenols is 1. The lowest BCUT2D eigenvalue weighted by molar-refractivity contribution is 0.411. The predicted octanol–water partition coefficient (Wildman–Crippen LogP) is 4.68. The van der Waals surface area contributed by atoms with Gasteiger partial charge in [-0.15, -0.1) is 0 Å². The molecule has 0 bridgehead atoms. The number of aromatic nitrogens is 1. The number of aromatic hydroxyl groups is 1. The van der Waals surface area contributed by atoms with Crippen molar-refractivity contribution in [1.29, 1.82) is 0 Å². The molecule has 29 heavy (non-hydrogen) atoms. The Balaban J connectivity index is 1.79. The molecule has 5 nitrogen and oxygen atoms in total. The first-order chi connectivity index (χ1) is 13.9. The van der Waals surface area contributed by atoms with Crippen molar-refractivity contribution < 1.29 is 9.66 Å². The molecule has 1 saturated carbocycles.